The number of hydrogen-bond acceptors (Lipinski definition) is 2. The molecule has 100 valence electrons. The van der Waals surface area contributed by atoms with Crippen molar-refractivity contribution in [2.24, 2.45) is 0 Å². The lowest BCUT2D eigenvalue weighted by Crippen LogP contribution is -2.24. The normalized spacial score (nSPS) is 16.9. The molecule has 0 aliphatic heterocycles. The van der Waals surface area contributed by atoms with E-state index in [4.69, 9.17) is 4.74 Å². The van der Waals surface area contributed by atoms with Crippen molar-refractivity contribution in [3.63, 3.8) is 0 Å². The highest BCUT2D eigenvalue weighted by atomic mass is 16.5. The maximum Gasteiger partial charge on any atom is 0.123 e. The van der Waals surface area contributed by atoms with Gasteiger partial charge in [0.25, 0.3) is 0 Å². The van der Waals surface area contributed by atoms with Gasteiger partial charge >= 0.3 is 0 Å². The van der Waals surface area contributed by atoms with E-state index in [1.807, 2.05) is 0 Å². The first-order valence-corrected chi connectivity index (χ1v) is 7.15. The minimum atomic E-state index is 0.274. The molecule has 1 unspecified atom stereocenters. The lowest BCUT2D eigenvalue weighted by atomic mass is 10.0. The zero-order valence-electron chi connectivity index (χ0n) is 11.8. The largest absolute Gasteiger partial charge is 0.490 e. The van der Waals surface area contributed by atoms with Crippen LogP contribution in [-0.4, -0.2) is 18.7 Å². The molecule has 0 radical (unpaired) electrons. The summed E-state index contributed by atoms with van der Waals surface area (Å²) in [7, 11) is 0. The number of para-hydroxylation sites is 1. The maximum absolute atomic E-state index is 6.07. The molecule has 1 aliphatic carbocycles. The van der Waals surface area contributed by atoms with E-state index < -0.39 is 0 Å². The monoisotopic (exact) mass is 247 g/mol. The summed E-state index contributed by atoms with van der Waals surface area (Å²) in [6, 6.07) is 9.17. The van der Waals surface area contributed by atoms with Crippen molar-refractivity contribution in [1.29, 1.82) is 0 Å². The molecule has 18 heavy (non-hydrogen) atoms. The molecule has 1 aromatic rings. The Bertz CT molecular complexity index is 371. The standard InChI is InChI=1S/C16H25NO/c1-12(2)15-6-4-5-7-16(15)18-13(3)10-11-17-14-8-9-14/h4-7,12-14,17H,8-11H2,1-3H3. The van der Waals surface area contributed by atoms with Crippen LogP contribution < -0.4 is 10.1 Å². The van der Waals surface area contributed by atoms with Gasteiger partial charge in [0, 0.05) is 6.04 Å². The molecule has 1 atom stereocenters. The average Bonchev–Trinajstić information content (AvgIpc) is 3.13. The highest BCUT2D eigenvalue weighted by Gasteiger charge is 2.20. The molecule has 0 saturated heterocycles. The molecule has 1 fully saturated rings. The van der Waals surface area contributed by atoms with E-state index in [9.17, 15) is 0 Å². The molecular weight excluding hydrogens is 222 g/mol. The van der Waals surface area contributed by atoms with Crippen molar-refractivity contribution in [2.75, 3.05) is 6.54 Å². The van der Waals surface area contributed by atoms with Gasteiger partial charge in [-0.15, -0.1) is 0 Å². The minimum Gasteiger partial charge on any atom is -0.490 e. The van der Waals surface area contributed by atoms with Gasteiger partial charge in [0.2, 0.25) is 0 Å². The summed E-state index contributed by atoms with van der Waals surface area (Å²) in [5, 5.41) is 3.53. The SMILES string of the molecule is CC(CCNC1CC1)Oc1ccccc1C(C)C. The second kappa shape index (κ2) is 6.24. The third-order valence-electron chi connectivity index (χ3n) is 3.43. The van der Waals surface area contributed by atoms with Gasteiger partial charge in [-0.05, 0) is 50.3 Å². The molecule has 2 heteroatoms. The van der Waals surface area contributed by atoms with Crippen molar-refractivity contribution < 1.29 is 4.74 Å². The van der Waals surface area contributed by atoms with Gasteiger partial charge in [0.05, 0.1) is 6.10 Å². The van der Waals surface area contributed by atoms with Crippen LogP contribution >= 0.6 is 0 Å². The van der Waals surface area contributed by atoms with Crippen LogP contribution in [0, 0.1) is 0 Å². The van der Waals surface area contributed by atoms with Gasteiger partial charge < -0.3 is 10.1 Å². The minimum absolute atomic E-state index is 0.274. The highest BCUT2D eigenvalue weighted by Crippen LogP contribution is 2.27. The Kier molecular flexibility index (Phi) is 4.65. The van der Waals surface area contributed by atoms with Crippen LogP contribution in [0.15, 0.2) is 24.3 Å². The fraction of sp³-hybridized carbons (Fsp3) is 0.625. The molecule has 2 rings (SSSR count). The molecule has 0 aromatic heterocycles. The topological polar surface area (TPSA) is 21.3 Å². The van der Waals surface area contributed by atoms with Crippen molar-refractivity contribution in [1.82, 2.24) is 5.32 Å². The van der Waals surface area contributed by atoms with Gasteiger partial charge in [-0.3, -0.25) is 0 Å². The first-order valence-electron chi connectivity index (χ1n) is 7.15. The van der Waals surface area contributed by atoms with Gasteiger partial charge in [-0.25, -0.2) is 0 Å². The zero-order chi connectivity index (χ0) is 13.0. The lowest BCUT2D eigenvalue weighted by Gasteiger charge is -2.19. The molecule has 1 saturated carbocycles. The molecular formula is C16H25NO. The second-order valence-corrected chi connectivity index (χ2v) is 5.64. The van der Waals surface area contributed by atoms with E-state index in [-0.39, 0.29) is 6.10 Å². The summed E-state index contributed by atoms with van der Waals surface area (Å²) in [5.41, 5.74) is 1.31. The number of nitrogens with one attached hydrogen (secondary N) is 1. The Morgan fingerprint density at radius 1 is 1.22 bits per heavy atom. The summed E-state index contributed by atoms with van der Waals surface area (Å²) in [5.74, 6) is 1.56. The van der Waals surface area contributed by atoms with Crippen LogP contribution in [-0.2, 0) is 0 Å². The maximum atomic E-state index is 6.07. The summed E-state index contributed by atoms with van der Waals surface area (Å²) in [6.45, 7) is 7.64. The van der Waals surface area contributed by atoms with E-state index in [0.29, 0.717) is 5.92 Å². The molecule has 1 N–H and O–H groups in total. The van der Waals surface area contributed by atoms with Crippen molar-refractivity contribution in [2.45, 2.75) is 58.1 Å². The van der Waals surface area contributed by atoms with E-state index >= 15 is 0 Å². The summed E-state index contributed by atoms with van der Waals surface area (Å²) in [4.78, 5) is 0. The second-order valence-electron chi connectivity index (χ2n) is 5.64. The number of benzene rings is 1. The van der Waals surface area contributed by atoms with Crippen LogP contribution in [0.1, 0.15) is 51.5 Å². The molecule has 2 nitrogen and oxygen atoms in total. The molecule has 0 bridgehead atoms. The molecule has 0 heterocycles. The Morgan fingerprint density at radius 3 is 2.61 bits per heavy atom. The molecule has 1 aromatic carbocycles. The fourth-order valence-corrected chi connectivity index (χ4v) is 2.12. The first kappa shape index (κ1) is 13.4. The summed E-state index contributed by atoms with van der Waals surface area (Å²) >= 11 is 0. The van der Waals surface area contributed by atoms with Crippen molar-refractivity contribution in [3.8, 4) is 5.75 Å². The van der Waals surface area contributed by atoms with Gasteiger partial charge in [-0.1, -0.05) is 32.0 Å². The summed E-state index contributed by atoms with van der Waals surface area (Å²) < 4.78 is 6.07. The van der Waals surface area contributed by atoms with Gasteiger partial charge in [0.1, 0.15) is 5.75 Å². The van der Waals surface area contributed by atoms with Crippen LogP contribution in [0.25, 0.3) is 0 Å². The van der Waals surface area contributed by atoms with Gasteiger partial charge in [-0.2, -0.15) is 0 Å². The van der Waals surface area contributed by atoms with E-state index in [0.717, 1.165) is 24.8 Å². The quantitative estimate of drug-likeness (QED) is 0.793. The van der Waals surface area contributed by atoms with Crippen LogP contribution in [0.5, 0.6) is 5.75 Å². The predicted octanol–water partition coefficient (Wildman–Crippen LogP) is 3.72. The highest BCUT2D eigenvalue weighted by molar-refractivity contribution is 5.35. The van der Waals surface area contributed by atoms with Crippen LogP contribution in [0.4, 0.5) is 0 Å². The Balaban J connectivity index is 1.83. The lowest BCUT2D eigenvalue weighted by molar-refractivity contribution is 0.207. The van der Waals surface area contributed by atoms with E-state index in [1.165, 1.54) is 18.4 Å². The van der Waals surface area contributed by atoms with E-state index in [1.54, 1.807) is 0 Å². The van der Waals surface area contributed by atoms with Crippen molar-refractivity contribution >= 4 is 0 Å². The third kappa shape index (κ3) is 4.02. The number of hydrogen-bond donors (Lipinski definition) is 1. The zero-order valence-corrected chi connectivity index (χ0v) is 11.8. The summed E-state index contributed by atoms with van der Waals surface area (Å²) in [6.07, 6.45) is 4.05. The van der Waals surface area contributed by atoms with Crippen LogP contribution in [0.2, 0.25) is 0 Å². The Labute approximate surface area is 111 Å². The van der Waals surface area contributed by atoms with Crippen molar-refractivity contribution in [3.05, 3.63) is 29.8 Å². The molecule has 0 amide bonds. The fourth-order valence-electron chi connectivity index (χ4n) is 2.12. The molecule has 0 spiro atoms. The van der Waals surface area contributed by atoms with Crippen LogP contribution in [0.3, 0.4) is 0 Å². The Hall–Kier alpha value is -1.02. The molecule has 1 aliphatic rings. The average molecular weight is 247 g/mol. The first-order chi connectivity index (χ1) is 8.66. The third-order valence-corrected chi connectivity index (χ3v) is 3.43. The van der Waals surface area contributed by atoms with Gasteiger partial charge in [0.15, 0.2) is 0 Å². The van der Waals surface area contributed by atoms with E-state index in [2.05, 4.69) is 50.4 Å². The number of ether oxygens (including phenoxy) is 1. The Morgan fingerprint density at radius 2 is 1.94 bits per heavy atom. The number of rotatable bonds is 7. The smallest absolute Gasteiger partial charge is 0.123 e. The predicted molar refractivity (Wildman–Crippen MR) is 76.3 cm³/mol.